The Hall–Kier alpha value is -0.500. The van der Waals surface area contributed by atoms with Crippen LogP contribution in [-0.2, 0) is 6.42 Å². The first-order chi connectivity index (χ1) is 7.70. The van der Waals surface area contributed by atoms with Crippen LogP contribution in [0, 0.1) is 5.92 Å². The van der Waals surface area contributed by atoms with Gasteiger partial charge in [0.05, 0.1) is 5.69 Å². The van der Waals surface area contributed by atoms with E-state index >= 15 is 0 Å². The first kappa shape index (κ1) is 12.0. The van der Waals surface area contributed by atoms with E-state index in [2.05, 4.69) is 35.9 Å². The largest absolute Gasteiger partial charge is 0.270 e. The van der Waals surface area contributed by atoms with E-state index in [1.165, 1.54) is 25.0 Å². The summed E-state index contributed by atoms with van der Waals surface area (Å²) in [4.78, 5) is 0. The molecule has 1 aliphatic carbocycles. The quantitative estimate of drug-likeness (QED) is 0.732. The van der Waals surface area contributed by atoms with Crippen LogP contribution in [0.1, 0.15) is 51.3 Å². The fourth-order valence-electron chi connectivity index (χ4n) is 2.41. The highest BCUT2D eigenvalue weighted by Crippen LogP contribution is 2.32. The van der Waals surface area contributed by atoms with Crippen LogP contribution in [0.4, 0.5) is 0 Å². The van der Waals surface area contributed by atoms with Crippen LogP contribution in [0.15, 0.2) is 12.3 Å². The highest BCUT2D eigenvalue weighted by Gasteiger charge is 2.26. The van der Waals surface area contributed by atoms with E-state index < -0.39 is 0 Å². The summed E-state index contributed by atoms with van der Waals surface area (Å²) in [7, 11) is 0. The third kappa shape index (κ3) is 2.60. The Bertz CT molecular complexity index is 334. The normalized spacial score (nSPS) is 27.2. The van der Waals surface area contributed by atoms with Gasteiger partial charge in [0.25, 0.3) is 0 Å². The second-order valence-corrected chi connectivity index (χ2v) is 5.52. The van der Waals surface area contributed by atoms with Gasteiger partial charge < -0.3 is 0 Å². The average molecular weight is 241 g/mol. The minimum Gasteiger partial charge on any atom is -0.270 e. The minimum atomic E-state index is 0.369. The molecule has 0 N–H and O–H groups in total. The summed E-state index contributed by atoms with van der Waals surface area (Å²) in [6.07, 6.45) is 8.01. The fraction of sp³-hybridized carbons (Fsp3) is 0.769. The second kappa shape index (κ2) is 5.22. The Morgan fingerprint density at radius 3 is 3.00 bits per heavy atom. The number of nitrogens with zero attached hydrogens (tertiary/aromatic N) is 2. The predicted molar refractivity (Wildman–Crippen MR) is 67.9 cm³/mol. The molecule has 1 fully saturated rings. The molecule has 2 nitrogen and oxygen atoms in total. The van der Waals surface area contributed by atoms with Crippen molar-refractivity contribution in [1.29, 1.82) is 0 Å². The molecule has 0 bridgehead atoms. The van der Waals surface area contributed by atoms with Gasteiger partial charge in [-0.05, 0) is 44.6 Å². The van der Waals surface area contributed by atoms with Gasteiger partial charge >= 0.3 is 0 Å². The van der Waals surface area contributed by atoms with Crippen LogP contribution in [0.25, 0.3) is 0 Å². The molecular weight excluding hydrogens is 220 g/mol. The summed E-state index contributed by atoms with van der Waals surface area (Å²) in [6.45, 7) is 4.40. The highest BCUT2D eigenvalue weighted by molar-refractivity contribution is 6.20. The van der Waals surface area contributed by atoms with Gasteiger partial charge in [-0.1, -0.05) is 13.3 Å². The average Bonchev–Trinajstić information content (AvgIpc) is 2.89. The van der Waals surface area contributed by atoms with Crippen molar-refractivity contribution in [3.05, 3.63) is 18.0 Å². The van der Waals surface area contributed by atoms with Crippen molar-refractivity contribution >= 4 is 11.6 Å². The topological polar surface area (TPSA) is 17.8 Å². The van der Waals surface area contributed by atoms with Crippen molar-refractivity contribution in [2.45, 2.75) is 57.4 Å². The zero-order valence-corrected chi connectivity index (χ0v) is 11.0. The molecule has 1 saturated carbocycles. The molecule has 0 saturated heterocycles. The summed E-state index contributed by atoms with van der Waals surface area (Å²) < 4.78 is 2.08. The molecule has 0 aliphatic heterocycles. The van der Waals surface area contributed by atoms with E-state index in [0.29, 0.717) is 17.3 Å². The second-order valence-electron chi connectivity index (χ2n) is 4.96. The van der Waals surface area contributed by atoms with Gasteiger partial charge in [0.1, 0.15) is 0 Å². The Kier molecular flexibility index (Phi) is 3.91. The lowest BCUT2D eigenvalue weighted by atomic mass is 10.0. The molecule has 90 valence electrons. The molecule has 1 heterocycles. The number of aromatic nitrogens is 2. The first-order valence-corrected chi connectivity index (χ1v) is 6.82. The van der Waals surface area contributed by atoms with Crippen molar-refractivity contribution in [2.24, 2.45) is 5.92 Å². The highest BCUT2D eigenvalue weighted by atomic mass is 35.5. The summed E-state index contributed by atoms with van der Waals surface area (Å²) in [5.74, 6) is 0.641. The van der Waals surface area contributed by atoms with Crippen LogP contribution in [-0.4, -0.2) is 15.2 Å². The number of rotatable bonds is 4. The van der Waals surface area contributed by atoms with Crippen molar-refractivity contribution in [2.75, 3.05) is 0 Å². The summed E-state index contributed by atoms with van der Waals surface area (Å²) >= 11 is 6.29. The fourth-order valence-corrected chi connectivity index (χ4v) is 2.78. The van der Waals surface area contributed by atoms with Gasteiger partial charge in [0, 0.05) is 17.6 Å². The molecule has 3 heteroatoms. The number of alkyl halides is 1. The van der Waals surface area contributed by atoms with Gasteiger partial charge in [0.15, 0.2) is 0 Å². The van der Waals surface area contributed by atoms with E-state index in [0.717, 1.165) is 12.8 Å². The molecule has 3 unspecified atom stereocenters. The molecule has 0 spiro atoms. The van der Waals surface area contributed by atoms with Crippen molar-refractivity contribution < 1.29 is 0 Å². The molecule has 0 aromatic carbocycles. The third-order valence-corrected chi connectivity index (χ3v) is 4.32. The maximum Gasteiger partial charge on any atom is 0.0628 e. The molecule has 0 radical (unpaired) electrons. The Balaban J connectivity index is 1.97. The summed E-state index contributed by atoms with van der Waals surface area (Å²) in [5, 5.41) is 5.01. The van der Waals surface area contributed by atoms with Gasteiger partial charge in [0.2, 0.25) is 0 Å². The summed E-state index contributed by atoms with van der Waals surface area (Å²) in [5.41, 5.74) is 1.21. The van der Waals surface area contributed by atoms with Gasteiger partial charge in [-0.2, -0.15) is 5.10 Å². The van der Waals surface area contributed by atoms with E-state index in [1.54, 1.807) is 0 Å². The van der Waals surface area contributed by atoms with Crippen LogP contribution in [0.2, 0.25) is 0 Å². The van der Waals surface area contributed by atoms with E-state index in [4.69, 9.17) is 11.6 Å². The standard InChI is InChI=1S/C13H21ClN2/c1-3-10(2)16-8-7-12(15-16)9-11-5-4-6-13(11)14/h7-8,10-11,13H,3-6,9H2,1-2H3. The lowest BCUT2D eigenvalue weighted by Gasteiger charge is -2.12. The third-order valence-electron chi connectivity index (χ3n) is 3.74. The molecule has 16 heavy (non-hydrogen) atoms. The van der Waals surface area contributed by atoms with Crippen molar-refractivity contribution in [3.8, 4) is 0 Å². The predicted octanol–water partition coefficient (Wildman–Crippen LogP) is 3.80. The molecule has 1 aliphatic rings. The number of hydrogen-bond acceptors (Lipinski definition) is 1. The van der Waals surface area contributed by atoms with Gasteiger partial charge in [-0.15, -0.1) is 11.6 Å². The smallest absolute Gasteiger partial charge is 0.0628 e. The minimum absolute atomic E-state index is 0.369. The van der Waals surface area contributed by atoms with E-state index in [1.807, 2.05) is 0 Å². The molecule has 1 aromatic heterocycles. The molecular formula is C13H21ClN2. The lowest BCUT2D eigenvalue weighted by molar-refractivity contribution is 0.465. The molecule has 0 amide bonds. The maximum atomic E-state index is 6.29. The lowest BCUT2D eigenvalue weighted by Crippen LogP contribution is -2.11. The first-order valence-electron chi connectivity index (χ1n) is 6.38. The Morgan fingerprint density at radius 2 is 2.38 bits per heavy atom. The number of halogens is 1. The SMILES string of the molecule is CCC(C)n1ccc(CC2CCCC2Cl)n1. The van der Waals surface area contributed by atoms with Crippen LogP contribution in [0.5, 0.6) is 0 Å². The van der Waals surface area contributed by atoms with E-state index in [-0.39, 0.29) is 0 Å². The van der Waals surface area contributed by atoms with E-state index in [9.17, 15) is 0 Å². The molecule has 1 aromatic rings. The van der Waals surface area contributed by atoms with Crippen molar-refractivity contribution in [3.63, 3.8) is 0 Å². The molecule has 2 rings (SSSR count). The zero-order chi connectivity index (χ0) is 11.5. The monoisotopic (exact) mass is 240 g/mol. The Labute approximate surface area is 103 Å². The molecule has 3 atom stereocenters. The zero-order valence-electron chi connectivity index (χ0n) is 10.2. The Morgan fingerprint density at radius 1 is 1.56 bits per heavy atom. The van der Waals surface area contributed by atoms with Gasteiger partial charge in [-0.25, -0.2) is 0 Å². The number of hydrogen-bond donors (Lipinski definition) is 0. The van der Waals surface area contributed by atoms with Crippen molar-refractivity contribution in [1.82, 2.24) is 9.78 Å². The van der Waals surface area contributed by atoms with Crippen LogP contribution < -0.4 is 0 Å². The summed E-state index contributed by atoms with van der Waals surface area (Å²) in [6, 6.07) is 2.65. The maximum absolute atomic E-state index is 6.29. The van der Waals surface area contributed by atoms with Crippen LogP contribution >= 0.6 is 11.6 Å². The van der Waals surface area contributed by atoms with Gasteiger partial charge in [-0.3, -0.25) is 4.68 Å². The van der Waals surface area contributed by atoms with Crippen LogP contribution in [0.3, 0.4) is 0 Å².